The summed E-state index contributed by atoms with van der Waals surface area (Å²) in [7, 11) is 0. The summed E-state index contributed by atoms with van der Waals surface area (Å²) in [5.74, 6) is 0. The van der Waals surface area contributed by atoms with Gasteiger partial charge in [0, 0.05) is 36.5 Å². The average Bonchev–Trinajstić information content (AvgIpc) is 3.09. The molecule has 1 aromatic heterocycles. The lowest BCUT2D eigenvalue weighted by Gasteiger charge is -2.32. The second-order valence-corrected chi connectivity index (χ2v) is 6.69. The van der Waals surface area contributed by atoms with E-state index in [1.54, 1.807) is 0 Å². The van der Waals surface area contributed by atoms with E-state index in [-0.39, 0.29) is 0 Å². The van der Waals surface area contributed by atoms with Gasteiger partial charge in [-0.2, -0.15) is 5.10 Å². The van der Waals surface area contributed by atoms with Crippen LogP contribution in [0, 0.1) is 0 Å². The lowest BCUT2D eigenvalue weighted by Crippen LogP contribution is -2.42. The van der Waals surface area contributed by atoms with Gasteiger partial charge in [0.1, 0.15) is 0 Å². The van der Waals surface area contributed by atoms with E-state index in [9.17, 15) is 0 Å². The summed E-state index contributed by atoms with van der Waals surface area (Å²) >= 11 is 5.94. The zero-order valence-electron chi connectivity index (χ0n) is 13.5. The van der Waals surface area contributed by atoms with Gasteiger partial charge in [0.2, 0.25) is 0 Å². The predicted octanol–water partition coefficient (Wildman–Crippen LogP) is 3.18. The number of aromatic nitrogens is 2. The van der Waals surface area contributed by atoms with Crippen LogP contribution in [0.4, 0.5) is 0 Å². The summed E-state index contributed by atoms with van der Waals surface area (Å²) in [6.45, 7) is 5.43. The molecular weight excluding hydrogens is 308 g/mol. The van der Waals surface area contributed by atoms with Gasteiger partial charge >= 0.3 is 0 Å². The van der Waals surface area contributed by atoms with Crippen molar-refractivity contribution < 1.29 is 0 Å². The van der Waals surface area contributed by atoms with Crippen molar-refractivity contribution >= 4 is 11.6 Å². The molecule has 1 fully saturated rings. The standard InChI is InChI=1S/C18H25ClN4/c19-17-5-3-16(4-6-17)15-22-13-7-18(8-14-22)20-9-1-11-23-12-2-10-21-23/h2-6,10,12,18,20H,1,7-9,11,13-15H2. The molecule has 1 saturated heterocycles. The predicted molar refractivity (Wildman–Crippen MR) is 94.6 cm³/mol. The smallest absolute Gasteiger partial charge is 0.0489 e. The van der Waals surface area contributed by atoms with Gasteiger partial charge in [-0.05, 0) is 62.7 Å². The molecule has 0 spiro atoms. The van der Waals surface area contributed by atoms with Crippen LogP contribution in [0.2, 0.25) is 5.02 Å². The van der Waals surface area contributed by atoms with Crippen LogP contribution >= 0.6 is 11.6 Å². The summed E-state index contributed by atoms with van der Waals surface area (Å²) in [5.41, 5.74) is 1.35. The number of hydrogen-bond donors (Lipinski definition) is 1. The normalized spacial score (nSPS) is 16.7. The Morgan fingerprint density at radius 3 is 2.65 bits per heavy atom. The minimum Gasteiger partial charge on any atom is -0.314 e. The number of rotatable bonds is 7. The summed E-state index contributed by atoms with van der Waals surface area (Å²) in [5, 5.41) is 8.73. The van der Waals surface area contributed by atoms with Gasteiger partial charge in [-0.3, -0.25) is 9.58 Å². The molecule has 1 aromatic carbocycles. The number of halogens is 1. The maximum atomic E-state index is 5.94. The number of piperidine rings is 1. The maximum Gasteiger partial charge on any atom is 0.0489 e. The Balaban J connectivity index is 1.31. The molecule has 5 heteroatoms. The van der Waals surface area contributed by atoms with E-state index in [0.29, 0.717) is 6.04 Å². The average molecular weight is 333 g/mol. The van der Waals surface area contributed by atoms with E-state index in [1.807, 2.05) is 35.3 Å². The van der Waals surface area contributed by atoms with Crippen LogP contribution in [0.5, 0.6) is 0 Å². The van der Waals surface area contributed by atoms with E-state index in [1.165, 1.54) is 31.5 Å². The third-order valence-electron chi connectivity index (χ3n) is 4.46. The summed E-state index contributed by atoms with van der Waals surface area (Å²) < 4.78 is 2.00. The monoisotopic (exact) mass is 332 g/mol. The zero-order chi connectivity index (χ0) is 15.9. The van der Waals surface area contributed by atoms with Crippen LogP contribution in [0.25, 0.3) is 0 Å². The van der Waals surface area contributed by atoms with Gasteiger partial charge in [-0.15, -0.1) is 0 Å². The van der Waals surface area contributed by atoms with Crippen molar-refractivity contribution in [3.05, 3.63) is 53.3 Å². The van der Waals surface area contributed by atoms with Crippen LogP contribution in [-0.2, 0) is 13.1 Å². The molecule has 23 heavy (non-hydrogen) atoms. The summed E-state index contributed by atoms with van der Waals surface area (Å²) in [4.78, 5) is 2.53. The highest BCUT2D eigenvalue weighted by atomic mass is 35.5. The summed E-state index contributed by atoms with van der Waals surface area (Å²) in [6, 6.07) is 10.8. The second-order valence-electron chi connectivity index (χ2n) is 6.25. The molecule has 0 radical (unpaired) electrons. The molecule has 2 heterocycles. The van der Waals surface area contributed by atoms with Crippen molar-refractivity contribution in [2.75, 3.05) is 19.6 Å². The zero-order valence-corrected chi connectivity index (χ0v) is 14.3. The molecule has 0 saturated carbocycles. The Labute approximate surface area is 143 Å². The quantitative estimate of drug-likeness (QED) is 0.790. The Morgan fingerprint density at radius 1 is 1.17 bits per heavy atom. The molecule has 0 atom stereocenters. The SMILES string of the molecule is Clc1ccc(CN2CCC(NCCCn3cccn3)CC2)cc1. The second kappa shape index (κ2) is 8.48. The van der Waals surface area contributed by atoms with E-state index < -0.39 is 0 Å². The molecule has 124 valence electrons. The fourth-order valence-electron chi connectivity index (χ4n) is 3.12. The molecule has 0 aliphatic carbocycles. The molecule has 1 aliphatic rings. The lowest BCUT2D eigenvalue weighted by atomic mass is 10.0. The molecule has 3 rings (SSSR count). The van der Waals surface area contributed by atoms with Crippen LogP contribution in [0.15, 0.2) is 42.7 Å². The van der Waals surface area contributed by atoms with E-state index in [0.717, 1.165) is 31.1 Å². The third-order valence-corrected chi connectivity index (χ3v) is 4.72. The first-order chi connectivity index (χ1) is 11.3. The molecule has 1 N–H and O–H groups in total. The highest BCUT2D eigenvalue weighted by Gasteiger charge is 2.18. The highest BCUT2D eigenvalue weighted by molar-refractivity contribution is 6.30. The molecule has 0 unspecified atom stereocenters. The Kier molecular flexibility index (Phi) is 6.08. The van der Waals surface area contributed by atoms with Crippen molar-refractivity contribution in [2.24, 2.45) is 0 Å². The van der Waals surface area contributed by atoms with Crippen molar-refractivity contribution in [2.45, 2.75) is 38.4 Å². The van der Waals surface area contributed by atoms with Crippen LogP contribution in [0.3, 0.4) is 0 Å². The van der Waals surface area contributed by atoms with Gasteiger partial charge in [-0.25, -0.2) is 0 Å². The molecule has 1 aliphatic heterocycles. The fourth-order valence-corrected chi connectivity index (χ4v) is 3.25. The molecular formula is C18H25ClN4. The largest absolute Gasteiger partial charge is 0.314 e. The van der Waals surface area contributed by atoms with Crippen LogP contribution in [-0.4, -0.2) is 40.4 Å². The number of aryl methyl sites for hydroxylation is 1. The number of likely N-dealkylation sites (tertiary alicyclic amines) is 1. The lowest BCUT2D eigenvalue weighted by molar-refractivity contribution is 0.190. The van der Waals surface area contributed by atoms with E-state index in [4.69, 9.17) is 11.6 Å². The van der Waals surface area contributed by atoms with Gasteiger partial charge in [0.05, 0.1) is 0 Å². The number of nitrogens with one attached hydrogen (secondary N) is 1. The van der Waals surface area contributed by atoms with Gasteiger partial charge in [0.25, 0.3) is 0 Å². The van der Waals surface area contributed by atoms with E-state index in [2.05, 4.69) is 27.4 Å². The minimum atomic E-state index is 0.661. The summed E-state index contributed by atoms with van der Waals surface area (Å²) in [6.07, 6.45) is 7.45. The first kappa shape index (κ1) is 16.5. The Hall–Kier alpha value is -1.36. The topological polar surface area (TPSA) is 33.1 Å². The Bertz CT molecular complexity index is 559. The highest BCUT2D eigenvalue weighted by Crippen LogP contribution is 2.15. The van der Waals surface area contributed by atoms with Crippen molar-refractivity contribution in [3.63, 3.8) is 0 Å². The minimum absolute atomic E-state index is 0.661. The van der Waals surface area contributed by atoms with Crippen molar-refractivity contribution in [3.8, 4) is 0 Å². The van der Waals surface area contributed by atoms with Crippen molar-refractivity contribution in [1.29, 1.82) is 0 Å². The van der Waals surface area contributed by atoms with Gasteiger partial charge in [0.15, 0.2) is 0 Å². The van der Waals surface area contributed by atoms with Gasteiger partial charge < -0.3 is 5.32 Å². The number of hydrogen-bond acceptors (Lipinski definition) is 3. The first-order valence-corrected chi connectivity index (χ1v) is 8.85. The van der Waals surface area contributed by atoms with Crippen LogP contribution in [0.1, 0.15) is 24.8 Å². The first-order valence-electron chi connectivity index (χ1n) is 8.47. The van der Waals surface area contributed by atoms with E-state index >= 15 is 0 Å². The molecule has 2 aromatic rings. The van der Waals surface area contributed by atoms with Crippen LogP contribution < -0.4 is 5.32 Å². The van der Waals surface area contributed by atoms with Gasteiger partial charge in [-0.1, -0.05) is 23.7 Å². The van der Waals surface area contributed by atoms with Crippen molar-refractivity contribution in [1.82, 2.24) is 20.0 Å². The third kappa shape index (κ3) is 5.34. The molecule has 0 bridgehead atoms. The number of nitrogens with zero attached hydrogens (tertiary/aromatic N) is 3. The Morgan fingerprint density at radius 2 is 1.96 bits per heavy atom. The molecule has 0 amide bonds. The number of benzene rings is 1. The fraction of sp³-hybridized carbons (Fsp3) is 0.500. The maximum absolute atomic E-state index is 5.94. The molecule has 4 nitrogen and oxygen atoms in total.